The predicted molar refractivity (Wildman–Crippen MR) is 99.0 cm³/mol. The maximum Gasteiger partial charge on any atom is 0.259 e. The molecule has 3 rings (SSSR count). The molecule has 0 saturated carbocycles. The van der Waals surface area contributed by atoms with Gasteiger partial charge in [0.05, 0.1) is 5.56 Å². The van der Waals surface area contributed by atoms with Crippen molar-refractivity contribution in [1.82, 2.24) is 4.98 Å². The van der Waals surface area contributed by atoms with Gasteiger partial charge in [0, 0.05) is 44.8 Å². The van der Waals surface area contributed by atoms with E-state index < -0.39 is 0 Å². The van der Waals surface area contributed by atoms with Crippen LogP contribution in [0.5, 0.6) is 0 Å². The monoisotopic (exact) mass is 324 g/mol. The normalized spacial score (nSPS) is 14.3. The molecule has 0 atom stereocenters. The Morgan fingerprint density at radius 1 is 1.12 bits per heavy atom. The van der Waals surface area contributed by atoms with E-state index in [-0.39, 0.29) is 5.91 Å². The van der Waals surface area contributed by atoms with Gasteiger partial charge < -0.3 is 15.1 Å². The summed E-state index contributed by atoms with van der Waals surface area (Å²) in [5.41, 5.74) is 2.48. The van der Waals surface area contributed by atoms with Crippen molar-refractivity contribution in [2.45, 2.75) is 19.3 Å². The average Bonchev–Trinajstić information content (AvgIpc) is 2.62. The van der Waals surface area contributed by atoms with Gasteiger partial charge in [-0.3, -0.25) is 4.79 Å². The first-order chi connectivity index (χ1) is 11.6. The molecule has 0 aliphatic carbocycles. The van der Waals surface area contributed by atoms with Crippen LogP contribution in [0.2, 0.25) is 0 Å². The number of hydrogen-bond acceptors (Lipinski definition) is 4. The highest BCUT2D eigenvalue weighted by Crippen LogP contribution is 2.23. The number of hydrogen-bond donors (Lipinski definition) is 1. The van der Waals surface area contributed by atoms with E-state index >= 15 is 0 Å². The van der Waals surface area contributed by atoms with Crippen LogP contribution < -0.4 is 15.1 Å². The predicted octanol–water partition coefficient (Wildman–Crippen LogP) is 3.39. The molecule has 24 heavy (non-hydrogen) atoms. The van der Waals surface area contributed by atoms with E-state index in [0.29, 0.717) is 5.56 Å². The van der Waals surface area contributed by atoms with Gasteiger partial charge in [0.25, 0.3) is 5.91 Å². The highest BCUT2D eigenvalue weighted by molar-refractivity contribution is 6.07. The summed E-state index contributed by atoms with van der Waals surface area (Å²) in [6, 6.07) is 11.5. The number of piperidine rings is 1. The number of amides is 1. The van der Waals surface area contributed by atoms with E-state index in [1.165, 1.54) is 6.42 Å². The Labute approximate surface area is 143 Å². The molecule has 1 saturated heterocycles. The molecule has 5 nitrogen and oxygen atoms in total. The van der Waals surface area contributed by atoms with Gasteiger partial charge in [0.15, 0.2) is 0 Å². The smallest absolute Gasteiger partial charge is 0.259 e. The van der Waals surface area contributed by atoms with Crippen LogP contribution in [0.3, 0.4) is 0 Å². The standard InChI is InChI=1S/C19H24N4O/c1-22(2)16-9-6-8-15(14-16)21-19(24)17-10-7-11-20-18(17)23-12-4-3-5-13-23/h6-11,14H,3-5,12-13H2,1-2H3,(H,21,24). The van der Waals surface area contributed by atoms with E-state index in [0.717, 1.165) is 43.1 Å². The van der Waals surface area contributed by atoms with Gasteiger partial charge in [-0.05, 0) is 49.6 Å². The van der Waals surface area contributed by atoms with Gasteiger partial charge in [0.2, 0.25) is 0 Å². The molecule has 1 N–H and O–H groups in total. The largest absolute Gasteiger partial charge is 0.378 e. The van der Waals surface area contributed by atoms with Crippen LogP contribution in [0, 0.1) is 0 Å². The average molecular weight is 324 g/mol. The third-order valence-electron chi connectivity index (χ3n) is 4.31. The van der Waals surface area contributed by atoms with Crippen LogP contribution in [0.25, 0.3) is 0 Å². The van der Waals surface area contributed by atoms with Gasteiger partial charge in [-0.15, -0.1) is 0 Å². The molecule has 0 radical (unpaired) electrons. The molecular weight excluding hydrogens is 300 g/mol. The van der Waals surface area contributed by atoms with Crippen molar-refractivity contribution in [3.63, 3.8) is 0 Å². The van der Waals surface area contributed by atoms with E-state index in [1.54, 1.807) is 6.20 Å². The minimum Gasteiger partial charge on any atom is -0.378 e. The van der Waals surface area contributed by atoms with Crippen molar-refractivity contribution >= 4 is 23.1 Å². The number of benzene rings is 1. The topological polar surface area (TPSA) is 48.5 Å². The fourth-order valence-electron chi connectivity index (χ4n) is 2.99. The van der Waals surface area contributed by atoms with E-state index in [2.05, 4.69) is 15.2 Å². The lowest BCUT2D eigenvalue weighted by atomic mass is 10.1. The molecule has 126 valence electrons. The Morgan fingerprint density at radius 2 is 1.92 bits per heavy atom. The maximum absolute atomic E-state index is 12.8. The molecule has 2 aromatic rings. The van der Waals surface area contributed by atoms with Crippen molar-refractivity contribution < 1.29 is 4.79 Å². The summed E-state index contributed by atoms with van der Waals surface area (Å²) in [5.74, 6) is 0.679. The summed E-state index contributed by atoms with van der Waals surface area (Å²) < 4.78 is 0. The summed E-state index contributed by atoms with van der Waals surface area (Å²) >= 11 is 0. The molecule has 2 heterocycles. The highest BCUT2D eigenvalue weighted by Gasteiger charge is 2.19. The fourth-order valence-corrected chi connectivity index (χ4v) is 2.99. The van der Waals surface area contributed by atoms with Crippen molar-refractivity contribution in [2.75, 3.05) is 42.3 Å². The van der Waals surface area contributed by atoms with Crippen molar-refractivity contribution in [1.29, 1.82) is 0 Å². The third-order valence-corrected chi connectivity index (χ3v) is 4.31. The van der Waals surface area contributed by atoms with Crippen molar-refractivity contribution in [3.05, 3.63) is 48.2 Å². The summed E-state index contributed by atoms with van der Waals surface area (Å²) in [6.07, 6.45) is 5.32. The van der Waals surface area contributed by atoms with Gasteiger partial charge in [0.1, 0.15) is 5.82 Å². The Kier molecular flexibility index (Phi) is 4.99. The molecule has 1 amide bonds. The molecule has 1 aromatic carbocycles. The van der Waals surface area contributed by atoms with Crippen LogP contribution in [0.4, 0.5) is 17.2 Å². The van der Waals surface area contributed by atoms with Crippen LogP contribution >= 0.6 is 0 Å². The Balaban J connectivity index is 1.81. The Hall–Kier alpha value is -2.56. The van der Waals surface area contributed by atoms with Gasteiger partial charge in [-0.25, -0.2) is 4.98 Å². The molecule has 1 aliphatic rings. The molecule has 0 unspecified atom stereocenters. The highest BCUT2D eigenvalue weighted by atomic mass is 16.1. The first-order valence-electron chi connectivity index (χ1n) is 8.44. The number of aromatic nitrogens is 1. The zero-order valence-corrected chi connectivity index (χ0v) is 14.3. The lowest BCUT2D eigenvalue weighted by Gasteiger charge is -2.29. The number of carbonyl (C=O) groups excluding carboxylic acids is 1. The molecular formula is C19H24N4O. The van der Waals surface area contributed by atoms with Gasteiger partial charge in [-0.2, -0.15) is 0 Å². The minimum absolute atomic E-state index is 0.112. The zero-order valence-electron chi connectivity index (χ0n) is 14.3. The molecule has 0 spiro atoms. The van der Waals surface area contributed by atoms with Crippen LogP contribution in [-0.2, 0) is 0 Å². The van der Waals surface area contributed by atoms with Crippen molar-refractivity contribution in [2.24, 2.45) is 0 Å². The number of rotatable bonds is 4. The number of pyridine rings is 1. The van der Waals surface area contributed by atoms with Crippen molar-refractivity contribution in [3.8, 4) is 0 Å². The summed E-state index contributed by atoms with van der Waals surface area (Å²) in [4.78, 5) is 21.5. The number of anilines is 3. The van der Waals surface area contributed by atoms with E-state index in [4.69, 9.17) is 0 Å². The molecule has 1 aliphatic heterocycles. The molecule has 0 bridgehead atoms. The fraction of sp³-hybridized carbons (Fsp3) is 0.368. The third kappa shape index (κ3) is 3.67. The summed E-state index contributed by atoms with van der Waals surface area (Å²) in [5, 5.41) is 3.00. The maximum atomic E-state index is 12.8. The Morgan fingerprint density at radius 3 is 2.67 bits per heavy atom. The molecule has 1 fully saturated rings. The quantitative estimate of drug-likeness (QED) is 0.936. The first-order valence-corrected chi connectivity index (χ1v) is 8.44. The second kappa shape index (κ2) is 7.34. The van der Waals surface area contributed by atoms with Crippen LogP contribution in [0.1, 0.15) is 29.6 Å². The van der Waals surface area contributed by atoms with Crippen LogP contribution in [0.15, 0.2) is 42.6 Å². The van der Waals surface area contributed by atoms with Gasteiger partial charge >= 0.3 is 0 Å². The number of nitrogens with one attached hydrogen (secondary N) is 1. The number of carbonyl (C=O) groups is 1. The lowest BCUT2D eigenvalue weighted by Crippen LogP contribution is -2.32. The van der Waals surface area contributed by atoms with Crippen LogP contribution in [-0.4, -0.2) is 38.1 Å². The van der Waals surface area contributed by atoms with Gasteiger partial charge in [-0.1, -0.05) is 6.07 Å². The second-order valence-electron chi connectivity index (χ2n) is 6.32. The molecule has 5 heteroatoms. The Bertz CT molecular complexity index is 708. The van der Waals surface area contributed by atoms with E-state index in [9.17, 15) is 4.79 Å². The molecule has 1 aromatic heterocycles. The minimum atomic E-state index is -0.112. The van der Waals surface area contributed by atoms with E-state index in [1.807, 2.05) is 55.4 Å². The SMILES string of the molecule is CN(C)c1cccc(NC(=O)c2cccnc2N2CCCCC2)c1. The first kappa shape index (κ1) is 16.3. The summed E-state index contributed by atoms with van der Waals surface area (Å²) in [6.45, 7) is 1.93. The lowest BCUT2D eigenvalue weighted by molar-refractivity contribution is 0.102. The second-order valence-corrected chi connectivity index (χ2v) is 6.32. The zero-order chi connectivity index (χ0) is 16.9. The number of nitrogens with zero attached hydrogens (tertiary/aromatic N) is 3. The summed E-state index contributed by atoms with van der Waals surface area (Å²) in [7, 11) is 3.97.